The number of alkyl halides is 3. The highest BCUT2D eigenvalue weighted by molar-refractivity contribution is 9.10. The number of halogens is 5. The molecule has 0 radical (unpaired) electrons. The van der Waals surface area contributed by atoms with Crippen LogP contribution in [0, 0.1) is 20.8 Å². The quantitative estimate of drug-likeness (QED) is 0.621. The largest absolute Gasteiger partial charge is 0.436 e. The van der Waals surface area contributed by atoms with Crippen molar-refractivity contribution in [1.82, 2.24) is 24.9 Å². The lowest BCUT2D eigenvalue weighted by atomic mass is 10.3. The lowest BCUT2D eigenvalue weighted by Crippen LogP contribution is -2.26. The van der Waals surface area contributed by atoms with E-state index in [9.17, 15) is 18.0 Å². The second-order valence-electron chi connectivity index (χ2n) is 6.13. The molecule has 6 nitrogen and oxygen atoms in total. The lowest BCUT2D eigenvalue weighted by molar-refractivity contribution is -0.141. The molecule has 0 aromatic carbocycles. The van der Waals surface area contributed by atoms with Crippen LogP contribution in [-0.2, 0) is 24.1 Å². The van der Waals surface area contributed by atoms with Gasteiger partial charge in [-0.2, -0.15) is 23.4 Å². The highest BCUT2D eigenvalue weighted by Gasteiger charge is 2.38. The van der Waals surface area contributed by atoms with Crippen molar-refractivity contribution >= 4 is 33.4 Å². The molecule has 0 aliphatic rings. The summed E-state index contributed by atoms with van der Waals surface area (Å²) in [5.74, 6) is -0.260. The first-order valence-electron chi connectivity index (χ1n) is 8.28. The molecule has 1 N–H and O–H groups in total. The number of aromatic nitrogens is 4. The zero-order valence-corrected chi connectivity index (χ0v) is 17.5. The maximum absolute atomic E-state index is 12.8. The topological polar surface area (TPSA) is 64.7 Å². The molecule has 11 heteroatoms. The van der Waals surface area contributed by atoms with Gasteiger partial charge in [-0.25, -0.2) is 0 Å². The summed E-state index contributed by atoms with van der Waals surface area (Å²) in [6.07, 6.45) is -3.92. The molecule has 150 valence electrons. The van der Waals surface area contributed by atoms with Gasteiger partial charge in [0, 0.05) is 25.2 Å². The third kappa shape index (κ3) is 5.25. The van der Waals surface area contributed by atoms with Gasteiger partial charge in [0.25, 0.3) is 0 Å². The van der Waals surface area contributed by atoms with E-state index in [4.69, 9.17) is 11.6 Å². The fraction of sp³-hybridized carbons (Fsp3) is 0.562. The first-order valence-corrected chi connectivity index (χ1v) is 9.45. The van der Waals surface area contributed by atoms with Gasteiger partial charge < -0.3 is 5.32 Å². The summed E-state index contributed by atoms with van der Waals surface area (Å²) < 4.78 is 42.3. The van der Waals surface area contributed by atoms with Crippen molar-refractivity contribution in [3.05, 3.63) is 32.3 Å². The van der Waals surface area contributed by atoms with Crippen molar-refractivity contribution < 1.29 is 18.0 Å². The van der Waals surface area contributed by atoms with Crippen LogP contribution in [0.5, 0.6) is 0 Å². The number of aryl methyl sites for hydroxylation is 3. The van der Waals surface area contributed by atoms with Crippen LogP contribution in [0.3, 0.4) is 0 Å². The zero-order valence-electron chi connectivity index (χ0n) is 15.1. The third-order valence-corrected chi connectivity index (χ3v) is 5.71. The van der Waals surface area contributed by atoms with E-state index in [1.54, 1.807) is 0 Å². The van der Waals surface area contributed by atoms with Gasteiger partial charge in [0.1, 0.15) is 0 Å². The van der Waals surface area contributed by atoms with Gasteiger partial charge >= 0.3 is 6.18 Å². The van der Waals surface area contributed by atoms with E-state index in [2.05, 4.69) is 31.4 Å². The van der Waals surface area contributed by atoms with Crippen molar-refractivity contribution in [2.75, 3.05) is 6.54 Å². The highest BCUT2D eigenvalue weighted by atomic mass is 79.9. The molecule has 0 aliphatic carbocycles. The molecule has 0 spiro atoms. The molecular weight excluding hydrogens is 451 g/mol. The maximum Gasteiger partial charge on any atom is 0.436 e. The Bertz CT molecular complexity index is 831. The van der Waals surface area contributed by atoms with Gasteiger partial charge in [-0.05, 0) is 43.1 Å². The lowest BCUT2D eigenvalue weighted by Gasteiger charge is -2.08. The second-order valence-corrected chi connectivity index (χ2v) is 7.30. The number of carbonyl (C=O) groups is 1. The molecule has 0 saturated carbocycles. The smallest absolute Gasteiger partial charge is 0.356 e. The van der Waals surface area contributed by atoms with Crippen molar-refractivity contribution in [2.24, 2.45) is 0 Å². The van der Waals surface area contributed by atoms with Crippen LogP contribution >= 0.6 is 27.5 Å². The fourth-order valence-corrected chi connectivity index (χ4v) is 3.09. The minimum absolute atomic E-state index is 0.0155. The van der Waals surface area contributed by atoms with E-state index >= 15 is 0 Å². The number of carbonyl (C=O) groups excluding carboxylic acids is 1. The Morgan fingerprint density at radius 2 is 1.78 bits per heavy atom. The summed E-state index contributed by atoms with van der Waals surface area (Å²) >= 11 is 9.14. The van der Waals surface area contributed by atoms with Crippen LogP contribution < -0.4 is 5.32 Å². The van der Waals surface area contributed by atoms with Crippen molar-refractivity contribution in [3.63, 3.8) is 0 Å². The van der Waals surface area contributed by atoms with Crippen LogP contribution in [0.1, 0.15) is 35.6 Å². The van der Waals surface area contributed by atoms with Crippen molar-refractivity contribution in [2.45, 2.75) is 52.9 Å². The SMILES string of the molecule is Cc1nn(CCCNC(=O)CCn2nc(C(F)(F)F)c(Cl)c2C)c(C)c1Br. The van der Waals surface area contributed by atoms with Crippen LogP contribution in [0.2, 0.25) is 5.02 Å². The van der Waals surface area contributed by atoms with E-state index in [-0.39, 0.29) is 24.6 Å². The van der Waals surface area contributed by atoms with Crippen LogP contribution in [0.15, 0.2) is 4.47 Å². The third-order valence-electron chi connectivity index (χ3n) is 4.11. The minimum atomic E-state index is -4.62. The first kappa shape index (κ1) is 21.7. The molecule has 27 heavy (non-hydrogen) atoms. The maximum atomic E-state index is 12.8. The predicted molar refractivity (Wildman–Crippen MR) is 98.6 cm³/mol. The van der Waals surface area contributed by atoms with Crippen LogP contribution in [0.25, 0.3) is 0 Å². The molecule has 2 aromatic heterocycles. The van der Waals surface area contributed by atoms with Gasteiger partial charge in [-0.15, -0.1) is 0 Å². The molecule has 0 fully saturated rings. The van der Waals surface area contributed by atoms with Crippen molar-refractivity contribution in [3.8, 4) is 0 Å². The molecule has 0 bridgehead atoms. The summed E-state index contributed by atoms with van der Waals surface area (Å²) in [7, 11) is 0. The Labute approximate surface area is 168 Å². The van der Waals surface area contributed by atoms with Gasteiger partial charge in [-0.1, -0.05) is 11.6 Å². The average molecular weight is 471 g/mol. The van der Waals surface area contributed by atoms with Gasteiger partial charge in [-0.3, -0.25) is 14.2 Å². The normalized spacial score (nSPS) is 11.9. The summed E-state index contributed by atoms with van der Waals surface area (Å²) in [6, 6.07) is 0. The molecule has 0 saturated heterocycles. The number of hydrogen-bond acceptors (Lipinski definition) is 3. The molecule has 2 rings (SSSR count). The van der Waals surface area contributed by atoms with E-state index in [0.29, 0.717) is 19.5 Å². The van der Waals surface area contributed by atoms with E-state index in [1.807, 2.05) is 18.5 Å². The Hall–Kier alpha value is -1.55. The summed E-state index contributed by atoms with van der Waals surface area (Å²) in [6.45, 7) is 6.42. The average Bonchev–Trinajstić information content (AvgIpc) is 3.01. The molecule has 0 unspecified atom stereocenters. The zero-order chi connectivity index (χ0) is 20.4. The van der Waals surface area contributed by atoms with E-state index in [1.165, 1.54) is 6.92 Å². The van der Waals surface area contributed by atoms with E-state index < -0.39 is 16.9 Å². The van der Waals surface area contributed by atoms with Gasteiger partial charge in [0.15, 0.2) is 5.69 Å². The van der Waals surface area contributed by atoms with Gasteiger partial charge in [0.2, 0.25) is 5.91 Å². The molecule has 1 amide bonds. The van der Waals surface area contributed by atoms with Crippen LogP contribution in [0.4, 0.5) is 13.2 Å². The highest BCUT2D eigenvalue weighted by Crippen LogP contribution is 2.35. The first-order chi connectivity index (χ1) is 12.5. The molecule has 0 aliphatic heterocycles. The fourth-order valence-electron chi connectivity index (χ4n) is 2.57. The molecule has 2 heterocycles. The van der Waals surface area contributed by atoms with Crippen molar-refractivity contribution in [1.29, 1.82) is 0 Å². The number of nitrogens with one attached hydrogen (secondary N) is 1. The number of nitrogens with zero attached hydrogens (tertiary/aromatic N) is 4. The standard InChI is InChI=1S/C16H20BrClF3N5O/c1-9-13(17)10(2)25(23-9)7-4-6-22-12(27)5-8-26-11(3)14(18)15(24-26)16(19,20)21/h4-8H2,1-3H3,(H,22,27). The number of hydrogen-bond donors (Lipinski definition) is 1. The monoisotopic (exact) mass is 469 g/mol. The molecule has 2 aromatic rings. The summed E-state index contributed by atoms with van der Waals surface area (Å²) in [5.41, 5.74) is 0.985. The Morgan fingerprint density at radius 1 is 1.15 bits per heavy atom. The van der Waals surface area contributed by atoms with Gasteiger partial charge in [0.05, 0.1) is 27.4 Å². The summed E-state index contributed by atoms with van der Waals surface area (Å²) in [4.78, 5) is 11.9. The Kier molecular flexibility index (Phi) is 6.96. The Balaban J connectivity index is 1.79. The molecular formula is C16H20BrClF3N5O. The number of amides is 1. The minimum Gasteiger partial charge on any atom is -0.356 e. The summed E-state index contributed by atoms with van der Waals surface area (Å²) in [5, 5.41) is 10.2. The Morgan fingerprint density at radius 3 is 2.30 bits per heavy atom. The number of rotatable bonds is 7. The molecule has 0 atom stereocenters. The van der Waals surface area contributed by atoms with Crippen LogP contribution in [-0.4, -0.2) is 32.0 Å². The van der Waals surface area contributed by atoms with E-state index in [0.717, 1.165) is 20.5 Å². The predicted octanol–water partition coefficient (Wildman–Crippen LogP) is 4.04. The second kappa shape index (κ2) is 8.64.